The quantitative estimate of drug-likeness (QED) is 0.122. The number of barbiturate groups is 1. The topological polar surface area (TPSA) is 94.2 Å². The molecule has 5 aromatic carbocycles. The number of hydrogen-bond acceptors (Lipinski definition) is 6. The van der Waals surface area contributed by atoms with Gasteiger partial charge in [-0.25, -0.2) is 9.69 Å². The van der Waals surface area contributed by atoms with Gasteiger partial charge in [-0.3, -0.25) is 14.9 Å². The number of aryl methyl sites for hydroxylation is 1. The fourth-order valence-electron chi connectivity index (χ4n) is 5.29. The van der Waals surface area contributed by atoms with Crippen molar-refractivity contribution in [3.8, 4) is 17.2 Å². The number of rotatable bonds is 10. The number of ether oxygens (including phenoxy) is 3. The van der Waals surface area contributed by atoms with E-state index in [0.717, 1.165) is 32.4 Å². The number of halogens is 1. The molecule has 0 spiro atoms. The number of fused-ring (bicyclic) bond motifs is 1. The Morgan fingerprint density at radius 3 is 2.32 bits per heavy atom. The predicted molar refractivity (Wildman–Crippen MR) is 182 cm³/mol. The van der Waals surface area contributed by atoms with Gasteiger partial charge < -0.3 is 14.2 Å². The molecule has 1 aliphatic heterocycles. The first-order valence-corrected chi connectivity index (χ1v) is 15.4. The first-order valence-electron chi connectivity index (χ1n) is 15.1. The zero-order chi connectivity index (χ0) is 32.9. The fraction of sp³-hybridized carbons (Fsp3) is 0.132. The highest BCUT2D eigenvalue weighted by atomic mass is 35.5. The molecule has 236 valence electrons. The lowest BCUT2D eigenvalue weighted by molar-refractivity contribution is -0.122. The van der Waals surface area contributed by atoms with E-state index < -0.39 is 17.8 Å². The molecular weight excluding hydrogens is 616 g/mol. The monoisotopic (exact) mass is 646 g/mol. The minimum Gasteiger partial charge on any atom is -0.490 e. The molecule has 0 bridgehead atoms. The summed E-state index contributed by atoms with van der Waals surface area (Å²) in [6.45, 7) is 4.94. The van der Waals surface area contributed by atoms with Crippen molar-refractivity contribution in [1.82, 2.24) is 5.32 Å². The van der Waals surface area contributed by atoms with Gasteiger partial charge in [0.1, 0.15) is 24.5 Å². The number of amides is 4. The van der Waals surface area contributed by atoms with Crippen LogP contribution < -0.4 is 24.4 Å². The molecule has 1 aliphatic rings. The number of imide groups is 2. The van der Waals surface area contributed by atoms with Crippen molar-refractivity contribution < 1.29 is 28.6 Å². The summed E-state index contributed by atoms with van der Waals surface area (Å²) in [5.41, 5.74) is 3.74. The van der Waals surface area contributed by atoms with Crippen LogP contribution in [0, 0.1) is 6.92 Å². The summed E-state index contributed by atoms with van der Waals surface area (Å²) in [7, 11) is 0. The molecule has 1 saturated heterocycles. The second kappa shape index (κ2) is 13.8. The van der Waals surface area contributed by atoms with E-state index in [1.54, 1.807) is 54.6 Å². The van der Waals surface area contributed by atoms with Gasteiger partial charge in [-0.15, -0.1) is 0 Å². The number of anilines is 1. The van der Waals surface area contributed by atoms with Crippen LogP contribution in [0.25, 0.3) is 16.8 Å². The smallest absolute Gasteiger partial charge is 0.335 e. The van der Waals surface area contributed by atoms with Crippen molar-refractivity contribution in [2.45, 2.75) is 27.1 Å². The summed E-state index contributed by atoms with van der Waals surface area (Å²) in [6, 6.07) is 30.4. The molecule has 0 aromatic heterocycles. The van der Waals surface area contributed by atoms with Crippen molar-refractivity contribution in [1.29, 1.82) is 0 Å². The van der Waals surface area contributed by atoms with Crippen molar-refractivity contribution >= 4 is 52.0 Å². The third kappa shape index (κ3) is 6.98. The van der Waals surface area contributed by atoms with Gasteiger partial charge in [0.25, 0.3) is 11.8 Å². The Morgan fingerprint density at radius 2 is 1.55 bits per heavy atom. The van der Waals surface area contributed by atoms with Gasteiger partial charge in [-0.05, 0) is 95.9 Å². The number of urea groups is 1. The molecule has 8 nitrogen and oxygen atoms in total. The van der Waals surface area contributed by atoms with Crippen molar-refractivity contribution in [3.63, 3.8) is 0 Å². The number of hydrogen-bond donors (Lipinski definition) is 1. The minimum atomic E-state index is -0.838. The molecule has 5 aromatic rings. The summed E-state index contributed by atoms with van der Waals surface area (Å²) >= 11 is 5.94. The van der Waals surface area contributed by atoms with Gasteiger partial charge in [-0.2, -0.15) is 0 Å². The molecule has 0 atom stereocenters. The summed E-state index contributed by atoms with van der Waals surface area (Å²) in [5.74, 6) is -0.00886. The molecule has 1 heterocycles. The van der Waals surface area contributed by atoms with E-state index >= 15 is 0 Å². The number of benzene rings is 5. The summed E-state index contributed by atoms with van der Waals surface area (Å²) in [5, 5.41) is 5.15. The number of nitrogens with one attached hydrogen (secondary N) is 1. The molecule has 0 saturated carbocycles. The molecular formula is C38H31ClN2O6. The maximum atomic E-state index is 13.5. The standard InChI is InChI=1S/C38H31ClN2O6/c1-3-45-35-21-26(11-19-34(35)47-23-33-24(2)8-12-27-6-4-5-7-31(27)33)20-32-36(42)40-38(44)41(37(32)43)29-15-17-30(18-16-29)46-22-25-9-13-28(39)14-10-25/h4-21H,3,22-23H2,1-2H3,(H,40,42,44)/b32-20+. The molecule has 0 unspecified atom stereocenters. The third-order valence-electron chi connectivity index (χ3n) is 7.74. The first kappa shape index (κ1) is 31.4. The van der Waals surface area contributed by atoms with Gasteiger partial charge in [0.15, 0.2) is 11.5 Å². The maximum Gasteiger partial charge on any atom is 0.335 e. The highest BCUT2D eigenvalue weighted by Crippen LogP contribution is 2.32. The van der Waals surface area contributed by atoms with Crippen LogP contribution in [0.3, 0.4) is 0 Å². The Bertz CT molecular complexity index is 2000. The van der Waals surface area contributed by atoms with E-state index in [2.05, 4.69) is 36.5 Å². The van der Waals surface area contributed by atoms with Crippen LogP contribution in [0.1, 0.15) is 29.2 Å². The number of nitrogens with zero attached hydrogens (tertiary/aromatic N) is 1. The summed E-state index contributed by atoms with van der Waals surface area (Å²) in [6.07, 6.45) is 1.43. The third-order valence-corrected chi connectivity index (χ3v) is 7.99. The lowest BCUT2D eigenvalue weighted by Crippen LogP contribution is -2.54. The van der Waals surface area contributed by atoms with E-state index in [9.17, 15) is 14.4 Å². The Kier molecular flexibility index (Phi) is 9.22. The highest BCUT2D eigenvalue weighted by molar-refractivity contribution is 6.39. The second-order valence-corrected chi connectivity index (χ2v) is 11.3. The zero-order valence-electron chi connectivity index (χ0n) is 25.8. The highest BCUT2D eigenvalue weighted by Gasteiger charge is 2.36. The van der Waals surface area contributed by atoms with E-state index in [1.807, 2.05) is 31.2 Å². The largest absolute Gasteiger partial charge is 0.490 e. The summed E-state index contributed by atoms with van der Waals surface area (Å²) in [4.78, 5) is 40.1. The molecule has 1 N–H and O–H groups in total. The SMILES string of the molecule is CCOc1cc(/C=C2\C(=O)NC(=O)N(c3ccc(OCc4ccc(Cl)cc4)cc3)C2=O)ccc1OCc1c(C)ccc2ccccc12. The van der Waals surface area contributed by atoms with Crippen molar-refractivity contribution in [3.05, 3.63) is 136 Å². The lowest BCUT2D eigenvalue weighted by atomic mass is 10.0. The van der Waals surface area contributed by atoms with Gasteiger partial charge in [-0.1, -0.05) is 66.2 Å². The average Bonchev–Trinajstić information content (AvgIpc) is 3.07. The Balaban J connectivity index is 1.20. The molecule has 0 aliphatic carbocycles. The Morgan fingerprint density at radius 1 is 0.787 bits per heavy atom. The molecule has 0 radical (unpaired) electrons. The first-order chi connectivity index (χ1) is 22.8. The second-order valence-electron chi connectivity index (χ2n) is 10.9. The minimum absolute atomic E-state index is 0.199. The van der Waals surface area contributed by atoms with Gasteiger partial charge in [0.2, 0.25) is 0 Å². The summed E-state index contributed by atoms with van der Waals surface area (Å²) < 4.78 is 17.9. The van der Waals surface area contributed by atoms with Crippen LogP contribution in [-0.2, 0) is 22.8 Å². The predicted octanol–water partition coefficient (Wildman–Crippen LogP) is 8.02. The Hall–Kier alpha value is -5.60. The maximum absolute atomic E-state index is 13.5. The van der Waals surface area contributed by atoms with Crippen molar-refractivity contribution in [2.24, 2.45) is 0 Å². The van der Waals surface area contributed by atoms with E-state index in [1.165, 1.54) is 6.08 Å². The van der Waals surface area contributed by atoms with Gasteiger partial charge in [0, 0.05) is 10.6 Å². The number of carbonyl (C=O) groups excluding carboxylic acids is 3. The van der Waals surface area contributed by atoms with Crippen molar-refractivity contribution in [2.75, 3.05) is 11.5 Å². The fourth-order valence-corrected chi connectivity index (χ4v) is 5.41. The zero-order valence-corrected chi connectivity index (χ0v) is 26.5. The van der Waals surface area contributed by atoms with Crippen LogP contribution in [0.2, 0.25) is 5.02 Å². The molecule has 47 heavy (non-hydrogen) atoms. The van der Waals surface area contributed by atoms with Crippen LogP contribution in [0.15, 0.2) is 109 Å². The Labute approximate surface area is 277 Å². The van der Waals surface area contributed by atoms with Gasteiger partial charge >= 0.3 is 6.03 Å². The van der Waals surface area contributed by atoms with Crippen LogP contribution >= 0.6 is 11.6 Å². The van der Waals surface area contributed by atoms with Gasteiger partial charge in [0.05, 0.1) is 12.3 Å². The van der Waals surface area contributed by atoms with E-state index in [0.29, 0.717) is 47.7 Å². The molecule has 9 heteroatoms. The molecule has 6 rings (SSSR count). The van der Waals surface area contributed by atoms with Crippen LogP contribution in [0.5, 0.6) is 17.2 Å². The molecule has 4 amide bonds. The van der Waals surface area contributed by atoms with Crippen LogP contribution in [0.4, 0.5) is 10.5 Å². The van der Waals surface area contributed by atoms with E-state index in [-0.39, 0.29) is 11.3 Å². The lowest BCUT2D eigenvalue weighted by Gasteiger charge is -2.26. The molecule has 1 fully saturated rings. The normalized spacial score (nSPS) is 14.0. The average molecular weight is 647 g/mol. The van der Waals surface area contributed by atoms with E-state index in [4.69, 9.17) is 25.8 Å². The number of carbonyl (C=O) groups is 3. The van der Waals surface area contributed by atoms with Crippen LogP contribution in [-0.4, -0.2) is 24.5 Å².